The Balaban J connectivity index is 2.43. The number of thiocarbonyl (C=S) groups is 1. The fraction of sp³-hybridized carbons (Fsp3) is 0.500. The van der Waals surface area contributed by atoms with Crippen LogP contribution in [0.2, 0.25) is 0 Å². The van der Waals surface area contributed by atoms with Gasteiger partial charge in [-0.3, -0.25) is 0 Å². The maximum atomic E-state index is 5.26. The Morgan fingerprint density at radius 3 is 2.76 bits per heavy atom. The lowest BCUT2D eigenvalue weighted by atomic mass is 10.2. The molecule has 0 atom stereocenters. The molecule has 17 heavy (non-hydrogen) atoms. The summed E-state index contributed by atoms with van der Waals surface area (Å²) in [5, 5.41) is 6.82. The van der Waals surface area contributed by atoms with Crippen LogP contribution in [0.5, 0.6) is 5.88 Å². The van der Waals surface area contributed by atoms with E-state index in [2.05, 4.69) is 29.5 Å². The van der Waals surface area contributed by atoms with Crippen molar-refractivity contribution in [2.24, 2.45) is 5.92 Å². The van der Waals surface area contributed by atoms with Crippen LogP contribution < -0.4 is 15.4 Å². The highest BCUT2D eigenvalue weighted by Gasteiger charge is 2.00. The number of rotatable bonds is 5. The number of hydrogen-bond donors (Lipinski definition) is 2. The summed E-state index contributed by atoms with van der Waals surface area (Å²) in [5.74, 6) is 1.19. The summed E-state index contributed by atoms with van der Waals surface area (Å²) < 4.78 is 5.26. The lowest BCUT2D eigenvalue weighted by Crippen LogP contribution is -2.31. The van der Waals surface area contributed by atoms with E-state index in [0.717, 1.165) is 12.2 Å². The van der Waals surface area contributed by atoms with Gasteiger partial charge in [0.1, 0.15) is 0 Å². The van der Waals surface area contributed by atoms with Gasteiger partial charge in [0.15, 0.2) is 5.11 Å². The summed E-state index contributed by atoms with van der Waals surface area (Å²) in [6.45, 7) is 7.67. The van der Waals surface area contributed by atoms with E-state index in [1.165, 1.54) is 0 Å². The van der Waals surface area contributed by atoms with Crippen molar-refractivity contribution in [1.29, 1.82) is 0 Å². The molecule has 1 aromatic rings. The zero-order chi connectivity index (χ0) is 12.7. The first-order valence-corrected chi connectivity index (χ1v) is 6.16. The quantitative estimate of drug-likeness (QED) is 0.789. The van der Waals surface area contributed by atoms with Gasteiger partial charge in [-0.1, -0.05) is 13.8 Å². The summed E-state index contributed by atoms with van der Waals surface area (Å²) in [6.07, 6.45) is 1.70. The van der Waals surface area contributed by atoms with Gasteiger partial charge < -0.3 is 15.4 Å². The van der Waals surface area contributed by atoms with Gasteiger partial charge in [0.2, 0.25) is 5.88 Å². The Labute approximate surface area is 108 Å². The molecule has 2 N–H and O–H groups in total. The van der Waals surface area contributed by atoms with Crippen LogP contribution in [-0.2, 0) is 0 Å². The van der Waals surface area contributed by atoms with Gasteiger partial charge >= 0.3 is 0 Å². The molecule has 5 heteroatoms. The second-order valence-corrected chi connectivity index (χ2v) is 4.46. The molecule has 1 rings (SSSR count). The molecule has 0 aliphatic rings. The van der Waals surface area contributed by atoms with Gasteiger partial charge in [0.05, 0.1) is 18.5 Å². The Morgan fingerprint density at radius 1 is 1.47 bits per heavy atom. The highest BCUT2D eigenvalue weighted by Crippen LogP contribution is 2.11. The zero-order valence-electron chi connectivity index (χ0n) is 10.5. The van der Waals surface area contributed by atoms with Crippen molar-refractivity contribution in [3.63, 3.8) is 0 Å². The summed E-state index contributed by atoms with van der Waals surface area (Å²) in [5.41, 5.74) is 0.856. The summed E-state index contributed by atoms with van der Waals surface area (Å²) in [6, 6.07) is 3.71. The molecule has 0 aliphatic carbocycles. The largest absolute Gasteiger partial charge is 0.478 e. The third-order valence-electron chi connectivity index (χ3n) is 1.96. The van der Waals surface area contributed by atoms with Gasteiger partial charge in [0, 0.05) is 12.6 Å². The third-order valence-corrected chi connectivity index (χ3v) is 2.20. The van der Waals surface area contributed by atoms with Crippen molar-refractivity contribution in [3.8, 4) is 5.88 Å². The van der Waals surface area contributed by atoms with Crippen LogP contribution in [0.1, 0.15) is 20.8 Å². The Hall–Kier alpha value is -1.36. The number of nitrogens with one attached hydrogen (secondary N) is 2. The number of pyridine rings is 1. The van der Waals surface area contributed by atoms with Crippen molar-refractivity contribution in [1.82, 2.24) is 10.3 Å². The van der Waals surface area contributed by atoms with Crippen LogP contribution in [0, 0.1) is 5.92 Å². The second-order valence-electron chi connectivity index (χ2n) is 4.05. The number of nitrogens with zero attached hydrogens (tertiary/aromatic N) is 1. The fourth-order valence-electron chi connectivity index (χ4n) is 1.16. The lowest BCUT2D eigenvalue weighted by Gasteiger charge is -2.12. The molecule has 0 saturated carbocycles. The SMILES string of the molecule is CCOc1ccc(NC(=S)NCC(C)C)cn1. The van der Waals surface area contributed by atoms with Crippen molar-refractivity contribution in [3.05, 3.63) is 18.3 Å². The predicted molar refractivity (Wildman–Crippen MR) is 74.5 cm³/mol. The molecule has 0 aromatic carbocycles. The number of aromatic nitrogens is 1. The van der Waals surface area contributed by atoms with Crippen LogP contribution in [0.15, 0.2) is 18.3 Å². The molecule has 1 aromatic heterocycles. The molecule has 1 heterocycles. The highest BCUT2D eigenvalue weighted by atomic mass is 32.1. The van der Waals surface area contributed by atoms with Crippen molar-refractivity contribution in [2.75, 3.05) is 18.5 Å². The van der Waals surface area contributed by atoms with Gasteiger partial charge in [-0.2, -0.15) is 0 Å². The molecular weight excluding hydrogens is 234 g/mol. The van der Waals surface area contributed by atoms with Gasteiger partial charge in [-0.05, 0) is 31.1 Å². The van der Waals surface area contributed by atoms with Crippen LogP contribution in [-0.4, -0.2) is 23.2 Å². The third kappa shape index (κ3) is 5.49. The molecule has 0 aliphatic heterocycles. The molecule has 0 unspecified atom stereocenters. The van der Waals surface area contributed by atoms with Crippen LogP contribution >= 0.6 is 12.2 Å². The molecule has 0 radical (unpaired) electrons. The summed E-state index contributed by atoms with van der Waals surface area (Å²) in [4.78, 5) is 4.14. The van der Waals surface area contributed by atoms with E-state index < -0.39 is 0 Å². The van der Waals surface area contributed by atoms with Crippen LogP contribution in [0.4, 0.5) is 5.69 Å². The minimum atomic E-state index is 0.563. The molecule has 0 saturated heterocycles. The maximum Gasteiger partial charge on any atom is 0.213 e. The average molecular weight is 253 g/mol. The van der Waals surface area contributed by atoms with E-state index >= 15 is 0 Å². The molecule has 0 fully saturated rings. The minimum Gasteiger partial charge on any atom is -0.478 e. The van der Waals surface area contributed by atoms with E-state index in [0.29, 0.717) is 23.5 Å². The Kier molecular flexibility index (Phi) is 5.69. The maximum absolute atomic E-state index is 5.26. The lowest BCUT2D eigenvalue weighted by molar-refractivity contribution is 0.327. The fourth-order valence-corrected chi connectivity index (χ4v) is 1.36. The Bertz CT molecular complexity index is 351. The van der Waals surface area contributed by atoms with Crippen molar-refractivity contribution < 1.29 is 4.74 Å². The van der Waals surface area contributed by atoms with Crippen LogP contribution in [0.25, 0.3) is 0 Å². The number of ether oxygens (including phenoxy) is 1. The first-order valence-electron chi connectivity index (χ1n) is 5.75. The predicted octanol–water partition coefficient (Wildman–Crippen LogP) is 2.42. The van der Waals surface area contributed by atoms with Crippen LogP contribution in [0.3, 0.4) is 0 Å². The standard InChI is InChI=1S/C12H19N3OS/c1-4-16-11-6-5-10(8-13-11)15-12(17)14-7-9(2)3/h5-6,8-9H,4,7H2,1-3H3,(H2,14,15,17). The molecule has 0 amide bonds. The topological polar surface area (TPSA) is 46.2 Å². The number of hydrogen-bond acceptors (Lipinski definition) is 3. The van der Waals surface area contributed by atoms with Crippen molar-refractivity contribution >= 4 is 23.0 Å². The van der Waals surface area contributed by atoms with E-state index in [1.54, 1.807) is 6.20 Å². The Morgan fingerprint density at radius 2 is 2.24 bits per heavy atom. The van der Waals surface area contributed by atoms with E-state index in [1.807, 2.05) is 19.1 Å². The van der Waals surface area contributed by atoms with E-state index in [9.17, 15) is 0 Å². The average Bonchev–Trinajstić information content (AvgIpc) is 2.29. The van der Waals surface area contributed by atoms with Gasteiger partial charge in [0.25, 0.3) is 0 Å². The van der Waals surface area contributed by atoms with Crippen molar-refractivity contribution in [2.45, 2.75) is 20.8 Å². The normalized spacial score (nSPS) is 10.1. The monoisotopic (exact) mass is 253 g/mol. The molecule has 0 spiro atoms. The first kappa shape index (κ1) is 13.7. The zero-order valence-corrected chi connectivity index (χ0v) is 11.3. The highest BCUT2D eigenvalue weighted by molar-refractivity contribution is 7.80. The number of anilines is 1. The smallest absolute Gasteiger partial charge is 0.213 e. The first-order chi connectivity index (χ1) is 8.11. The summed E-state index contributed by atoms with van der Waals surface area (Å²) in [7, 11) is 0. The second kappa shape index (κ2) is 7.06. The molecule has 4 nitrogen and oxygen atoms in total. The minimum absolute atomic E-state index is 0.563. The van der Waals surface area contributed by atoms with E-state index in [4.69, 9.17) is 17.0 Å². The molecule has 94 valence electrons. The summed E-state index contributed by atoms with van der Waals surface area (Å²) >= 11 is 5.16. The molecular formula is C12H19N3OS. The van der Waals surface area contributed by atoms with E-state index in [-0.39, 0.29) is 0 Å². The molecule has 0 bridgehead atoms. The van der Waals surface area contributed by atoms with Gasteiger partial charge in [-0.15, -0.1) is 0 Å². The van der Waals surface area contributed by atoms with Gasteiger partial charge in [-0.25, -0.2) is 4.98 Å².